The van der Waals surface area contributed by atoms with Crippen LogP contribution in [0.15, 0.2) is 12.2 Å². The summed E-state index contributed by atoms with van der Waals surface area (Å²) in [7, 11) is 0. The predicted octanol–water partition coefficient (Wildman–Crippen LogP) is 3.18. The van der Waals surface area contributed by atoms with Gasteiger partial charge in [-0.3, -0.25) is 4.79 Å². The minimum atomic E-state index is 0.239. The molecule has 0 aromatic rings. The van der Waals surface area contributed by atoms with Gasteiger partial charge in [0, 0.05) is 13.0 Å². The minimum Gasteiger partial charge on any atom is -0.356 e. The maximum atomic E-state index is 11.3. The van der Waals surface area contributed by atoms with Crippen molar-refractivity contribution in [2.45, 2.75) is 57.8 Å². The minimum absolute atomic E-state index is 0.239. The highest BCUT2D eigenvalue weighted by Crippen LogP contribution is 2.07. The van der Waals surface area contributed by atoms with Gasteiger partial charge in [-0.1, -0.05) is 25.0 Å². The van der Waals surface area contributed by atoms with Gasteiger partial charge < -0.3 is 5.32 Å². The average molecular weight is 209 g/mol. The number of hydrogen-bond donors (Lipinski definition) is 1. The first-order valence-corrected chi connectivity index (χ1v) is 6.31. The van der Waals surface area contributed by atoms with Crippen molar-refractivity contribution in [1.29, 1.82) is 0 Å². The molecule has 0 radical (unpaired) electrons. The molecule has 2 nitrogen and oxygen atoms in total. The van der Waals surface area contributed by atoms with Crippen LogP contribution in [-0.2, 0) is 4.79 Å². The third kappa shape index (κ3) is 7.18. The van der Waals surface area contributed by atoms with Crippen LogP contribution in [0.5, 0.6) is 0 Å². The molecular formula is C13H23NO. The summed E-state index contributed by atoms with van der Waals surface area (Å²) in [5.41, 5.74) is 0. The summed E-state index contributed by atoms with van der Waals surface area (Å²) < 4.78 is 0. The Bertz CT molecular complexity index is 199. The van der Waals surface area contributed by atoms with Gasteiger partial charge in [0.1, 0.15) is 0 Å². The van der Waals surface area contributed by atoms with E-state index >= 15 is 0 Å². The van der Waals surface area contributed by atoms with Crippen LogP contribution in [0, 0.1) is 0 Å². The van der Waals surface area contributed by atoms with E-state index in [4.69, 9.17) is 0 Å². The third-order valence-electron chi connectivity index (χ3n) is 2.81. The van der Waals surface area contributed by atoms with E-state index in [1.54, 1.807) is 0 Å². The fraction of sp³-hybridized carbons (Fsp3) is 0.769. The summed E-state index contributed by atoms with van der Waals surface area (Å²) in [6, 6.07) is 0. The topological polar surface area (TPSA) is 29.1 Å². The fourth-order valence-corrected chi connectivity index (χ4v) is 1.84. The van der Waals surface area contributed by atoms with Crippen LogP contribution in [0.2, 0.25) is 0 Å². The van der Waals surface area contributed by atoms with Gasteiger partial charge in [0.2, 0.25) is 5.91 Å². The largest absolute Gasteiger partial charge is 0.356 e. The molecule has 15 heavy (non-hydrogen) atoms. The first kappa shape index (κ1) is 12.3. The van der Waals surface area contributed by atoms with Crippen molar-refractivity contribution in [1.82, 2.24) is 5.32 Å². The van der Waals surface area contributed by atoms with Crippen molar-refractivity contribution in [3.63, 3.8) is 0 Å². The van der Waals surface area contributed by atoms with Gasteiger partial charge in [0.15, 0.2) is 0 Å². The molecule has 1 aliphatic heterocycles. The van der Waals surface area contributed by atoms with Crippen LogP contribution >= 0.6 is 0 Å². The van der Waals surface area contributed by atoms with Crippen molar-refractivity contribution in [2.75, 3.05) is 6.54 Å². The lowest BCUT2D eigenvalue weighted by Crippen LogP contribution is -2.23. The molecule has 1 rings (SSSR count). The summed E-state index contributed by atoms with van der Waals surface area (Å²) in [6.45, 7) is 0.854. The molecule has 0 spiro atoms. The van der Waals surface area contributed by atoms with Gasteiger partial charge in [-0.2, -0.15) is 0 Å². The highest BCUT2D eigenvalue weighted by molar-refractivity contribution is 5.75. The quantitative estimate of drug-likeness (QED) is 0.610. The monoisotopic (exact) mass is 209 g/mol. The predicted molar refractivity (Wildman–Crippen MR) is 63.7 cm³/mol. The zero-order valence-corrected chi connectivity index (χ0v) is 9.63. The molecule has 0 bridgehead atoms. The highest BCUT2D eigenvalue weighted by Gasteiger charge is 2.00. The second kappa shape index (κ2) is 8.51. The summed E-state index contributed by atoms with van der Waals surface area (Å²) in [5, 5.41) is 2.97. The molecule has 1 amide bonds. The maximum Gasteiger partial charge on any atom is 0.219 e. The molecule has 0 aliphatic carbocycles. The SMILES string of the molecule is O=C1CCCCCCC=CCCCCN1. The Morgan fingerprint density at radius 1 is 0.867 bits per heavy atom. The summed E-state index contributed by atoms with van der Waals surface area (Å²) >= 11 is 0. The van der Waals surface area contributed by atoms with Crippen molar-refractivity contribution in [3.05, 3.63) is 12.2 Å². The van der Waals surface area contributed by atoms with Crippen molar-refractivity contribution in [2.24, 2.45) is 0 Å². The van der Waals surface area contributed by atoms with Gasteiger partial charge in [0.25, 0.3) is 0 Å². The molecular weight excluding hydrogens is 186 g/mol. The van der Waals surface area contributed by atoms with Gasteiger partial charge in [-0.05, 0) is 38.5 Å². The lowest BCUT2D eigenvalue weighted by Gasteiger charge is -2.05. The smallest absolute Gasteiger partial charge is 0.219 e. The second-order valence-corrected chi connectivity index (χ2v) is 4.27. The maximum absolute atomic E-state index is 11.3. The van der Waals surface area contributed by atoms with Crippen molar-refractivity contribution in [3.8, 4) is 0 Å². The van der Waals surface area contributed by atoms with E-state index in [0.717, 1.165) is 32.2 Å². The summed E-state index contributed by atoms with van der Waals surface area (Å²) in [5.74, 6) is 0.239. The van der Waals surface area contributed by atoms with E-state index in [9.17, 15) is 4.79 Å². The standard InChI is InChI=1S/C13H23NO/c15-13-11-9-7-5-3-1-2-4-6-8-10-12-14-13/h2,4H,1,3,5-12H2,(H,14,15). The number of hydrogen-bond acceptors (Lipinski definition) is 1. The first-order chi connectivity index (χ1) is 7.39. The normalized spacial score (nSPS) is 21.7. The van der Waals surface area contributed by atoms with E-state index in [1.807, 2.05) is 0 Å². The number of nitrogens with one attached hydrogen (secondary N) is 1. The fourth-order valence-electron chi connectivity index (χ4n) is 1.84. The molecule has 0 aromatic carbocycles. The summed E-state index contributed by atoms with van der Waals surface area (Å²) in [6.07, 6.45) is 14.8. The zero-order chi connectivity index (χ0) is 10.8. The lowest BCUT2D eigenvalue weighted by atomic mass is 10.1. The third-order valence-corrected chi connectivity index (χ3v) is 2.81. The molecule has 0 atom stereocenters. The number of carbonyl (C=O) groups is 1. The Kier molecular flexibility index (Phi) is 6.97. The Morgan fingerprint density at radius 3 is 2.33 bits per heavy atom. The van der Waals surface area contributed by atoms with Gasteiger partial charge in [-0.25, -0.2) is 0 Å². The van der Waals surface area contributed by atoms with Gasteiger partial charge in [-0.15, -0.1) is 0 Å². The molecule has 2 heteroatoms. The molecule has 0 fully saturated rings. The van der Waals surface area contributed by atoms with Crippen LogP contribution in [0.4, 0.5) is 0 Å². The first-order valence-electron chi connectivity index (χ1n) is 6.31. The van der Waals surface area contributed by atoms with Crippen LogP contribution in [0.25, 0.3) is 0 Å². The molecule has 0 saturated heterocycles. The van der Waals surface area contributed by atoms with Crippen LogP contribution in [0.3, 0.4) is 0 Å². The number of rotatable bonds is 0. The molecule has 1 heterocycles. The Balaban J connectivity index is 2.20. The number of allylic oxidation sites excluding steroid dienone is 2. The highest BCUT2D eigenvalue weighted by atomic mass is 16.1. The van der Waals surface area contributed by atoms with Gasteiger partial charge in [0.05, 0.1) is 0 Å². The van der Waals surface area contributed by atoms with Crippen LogP contribution in [-0.4, -0.2) is 12.5 Å². The van der Waals surface area contributed by atoms with Crippen LogP contribution in [0.1, 0.15) is 57.8 Å². The summed E-state index contributed by atoms with van der Waals surface area (Å²) in [4.78, 5) is 11.3. The van der Waals surface area contributed by atoms with E-state index in [2.05, 4.69) is 17.5 Å². The zero-order valence-electron chi connectivity index (χ0n) is 9.63. The van der Waals surface area contributed by atoms with E-state index < -0.39 is 0 Å². The average Bonchev–Trinajstić information content (AvgIpc) is 2.24. The van der Waals surface area contributed by atoms with Crippen LogP contribution < -0.4 is 5.32 Å². The van der Waals surface area contributed by atoms with E-state index in [1.165, 1.54) is 32.1 Å². The van der Waals surface area contributed by atoms with E-state index in [-0.39, 0.29) is 5.91 Å². The van der Waals surface area contributed by atoms with Crippen molar-refractivity contribution < 1.29 is 4.79 Å². The number of carbonyl (C=O) groups excluding carboxylic acids is 1. The molecule has 86 valence electrons. The van der Waals surface area contributed by atoms with Crippen molar-refractivity contribution >= 4 is 5.91 Å². The number of amides is 1. The Hall–Kier alpha value is -0.790. The molecule has 0 saturated carbocycles. The Labute approximate surface area is 93.1 Å². The lowest BCUT2D eigenvalue weighted by molar-refractivity contribution is -0.121. The molecule has 0 unspecified atom stereocenters. The van der Waals surface area contributed by atoms with E-state index in [0.29, 0.717) is 0 Å². The Morgan fingerprint density at radius 2 is 1.53 bits per heavy atom. The molecule has 1 N–H and O–H groups in total. The van der Waals surface area contributed by atoms with Gasteiger partial charge >= 0.3 is 0 Å². The second-order valence-electron chi connectivity index (χ2n) is 4.27. The molecule has 1 aliphatic rings. The molecule has 0 aromatic heterocycles.